The number of hydrogen-bond acceptors (Lipinski definition) is 7. The summed E-state index contributed by atoms with van der Waals surface area (Å²) in [6.45, 7) is 4.47. The zero-order chi connectivity index (χ0) is 22.9. The predicted molar refractivity (Wildman–Crippen MR) is 118 cm³/mol. The molecule has 4 aliphatic rings. The average Bonchev–Trinajstić information content (AvgIpc) is 3.02. The standard InChI is InChI=1S/C22H33N3O6S/c1-14-10-18-16-4-6-17(7-5-16)31-13-20-19(24-32(3,27)28)12-15(2)25(20)22(26)30-9-8-29-21(11-14)23-18/h10-11,15-17,19-20,24H,4-9,12-13H2,1-3H3/t15-,16?,17?,19+,20?/m1/s1. The third kappa shape index (κ3) is 5.52. The minimum Gasteiger partial charge on any atom is -0.474 e. The van der Waals surface area contributed by atoms with Crippen LogP contribution in [-0.2, 0) is 19.5 Å². The number of aromatic nitrogens is 1. The number of nitrogens with one attached hydrogen (secondary N) is 1. The molecular weight excluding hydrogens is 434 g/mol. The molecule has 1 saturated heterocycles. The fourth-order valence-corrected chi connectivity index (χ4v) is 5.93. The van der Waals surface area contributed by atoms with Crippen LogP contribution in [0.4, 0.5) is 4.79 Å². The molecule has 9 nitrogen and oxygen atoms in total. The first-order valence-corrected chi connectivity index (χ1v) is 13.2. The number of carbonyl (C=O) groups is 1. The van der Waals surface area contributed by atoms with E-state index in [1.807, 2.05) is 19.9 Å². The topological polar surface area (TPSA) is 107 Å². The van der Waals surface area contributed by atoms with Crippen molar-refractivity contribution in [3.05, 3.63) is 23.4 Å². The highest BCUT2D eigenvalue weighted by Gasteiger charge is 2.44. The smallest absolute Gasteiger partial charge is 0.410 e. The summed E-state index contributed by atoms with van der Waals surface area (Å²) < 4.78 is 44.0. The second-order valence-corrected chi connectivity index (χ2v) is 11.0. The van der Waals surface area contributed by atoms with Crippen LogP contribution < -0.4 is 9.46 Å². The van der Waals surface area contributed by atoms with Gasteiger partial charge in [0.05, 0.1) is 25.0 Å². The molecule has 0 aromatic carbocycles. The molecule has 1 aliphatic carbocycles. The summed E-state index contributed by atoms with van der Waals surface area (Å²) in [7, 11) is -3.42. The average molecular weight is 468 g/mol. The van der Waals surface area contributed by atoms with Crippen molar-refractivity contribution >= 4 is 16.1 Å². The van der Waals surface area contributed by atoms with Gasteiger partial charge in [-0.25, -0.2) is 22.9 Å². The number of aryl methyl sites for hydroxylation is 1. The summed E-state index contributed by atoms with van der Waals surface area (Å²) in [6.07, 6.45) is 4.97. The number of carbonyl (C=O) groups excluding carboxylic acids is 1. The van der Waals surface area contributed by atoms with Crippen LogP contribution in [0.1, 0.15) is 56.2 Å². The van der Waals surface area contributed by atoms with E-state index >= 15 is 0 Å². The summed E-state index contributed by atoms with van der Waals surface area (Å²) in [5.41, 5.74) is 2.13. The van der Waals surface area contributed by atoms with Crippen molar-refractivity contribution < 1.29 is 27.4 Å². The van der Waals surface area contributed by atoms with Crippen molar-refractivity contribution in [3.8, 4) is 5.88 Å². The lowest BCUT2D eigenvalue weighted by Gasteiger charge is -2.33. The lowest BCUT2D eigenvalue weighted by atomic mass is 9.84. The first kappa shape index (κ1) is 23.3. The van der Waals surface area contributed by atoms with E-state index < -0.39 is 28.2 Å². The molecule has 1 amide bonds. The highest BCUT2D eigenvalue weighted by molar-refractivity contribution is 7.88. The van der Waals surface area contributed by atoms with Crippen molar-refractivity contribution in [2.75, 3.05) is 26.1 Å². The van der Waals surface area contributed by atoms with Gasteiger partial charge in [0.25, 0.3) is 0 Å². The number of rotatable bonds is 2. The molecule has 1 aromatic heterocycles. The molecule has 4 heterocycles. The number of sulfonamides is 1. The molecule has 3 aliphatic heterocycles. The number of pyridine rings is 1. The summed E-state index contributed by atoms with van der Waals surface area (Å²) in [5, 5.41) is 0. The van der Waals surface area contributed by atoms with Crippen LogP contribution in [-0.4, -0.2) is 74.7 Å². The van der Waals surface area contributed by atoms with Crippen molar-refractivity contribution in [1.29, 1.82) is 0 Å². The molecule has 10 heteroatoms. The molecule has 32 heavy (non-hydrogen) atoms. The Morgan fingerprint density at radius 1 is 1.12 bits per heavy atom. The summed E-state index contributed by atoms with van der Waals surface area (Å²) in [5.74, 6) is 0.914. The first-order chi connectivity index (χ1) is 15.2. The Kier molecular flexibility index (Phi) is 6.92. The van der Waals surface area contributed by atoms with E-state index in [0.29, 0.717) is 18.2 Å². The minimum absolute atomic E-state index is 0.0762. The molecule has 1 N–H and O–H groups in total. The summed E-state index contributed by atoms with van der Waals surface area (Å²) >= 11 is 0. The van der Waals surface area contributed by atoms with Gasteiger partial charge in [-0.3, -0.25) is 4.90 Å². The Hall–Kier alpha value is -1.91. The van der Waals surface area contributed by atoms with Crippen LogP contribution in [0.2, 0.25) is 0 Å². The third-order valence-electron chi connectivity index (χ3n) is 6.59. The van der Waals surface area contributed by atoms with Crippen molar-refractivity contribution in [2.24, 2.45) is 0 Å². The maximum Gasteiger partial charge on any atom is 0.410 e. The van der Waals surface area contributed by atoms with Gasteiger partial charge in [0.1, 0.15) is 13.2 Å². The normalized spacial score (nSPS) is 31.7. The number of fused-ring (bicyclic) bond motifs is 7. The number of nitrogens with zero attached hydrogens (tertiary/aromatic N) is 2. The lowest BCUT2D eigenvalue weighted by Crippen LogP contribution is -2.50. The molecule has 1 saturated carbocycles. The van der Waals surface area contributed by atoms with E-state index in [4.69, 9.17) is 14.2 Å². The summed E-state index contributed by atoms with van der Waals surface area (Å²) in [4.78, 5) is 19.2. The van der Waals surface area contributed by atoms with Gasteiger partial charge in [0.2, 0.25) is 15.9 Å². The van der Waals surface area contributed by atoms with Crippen molar-refractivity contribution in [2.45, 2.75) is 76.1 Å². The molecule has 0 radical (unpaired) electrons. The Bertz CT molecular complexity index is 932. The quantitative estimate of drug-likeness (QED) is 0.711. The van der Waals surface area contributed by atoms with Crippen LogP contribution in [0.25, 0.3) is 0 Å². The van der Waals surface area contributed by atoms with Gasteiger partial charge in [-0.15, -0.1) is 0 Å². The van der Waals surface area contributed by atoms with Gasteiger partial charge in [-0.2, -0.15) is 0 Å². The summed E-state index contributed by atoms with van der Waals surface area (Å²) in [6, 6.07) is 3.00. The highest BCUT2D eigenvalue weighted by atomic mass is 32.2. The van der Waals surface area contributed by atoms with Crippen LogP contribution in [0.5, 0.6) is 5.88 Å². The van der Waals surface area contributed by atoms with E-state index in [1.165, 1.54) is 0 Å². The monoisotopic (exact) mass is 467 g/mol. The second-order valence-electron chi connectivity index (χ2n) is 9.23. The number of hydrogen-bond donors (Lipinski definition) is 1. The van der Waals surface area contributed by atoms with E-state index in [2.05, 4.69) is 15.8 Å². The van der Waals surface area contributed by atoms with Gasteiger partial charge in [0.15, 0.2) is 0 Å². The molecule has 5 rings (SSSR count). The van der Waals surface area contributed by atoms with E-state index in [1.54, 1.807) is 4.90 Å². The van der Waals surface area contributed by atoms with Crippen molar-refractivity contribution in [3.63, 3.8) is 0 Å². The van der Waals surface area contributed by atoms with Crippen molar-refractivity contribution in [1.82, 2.24) is 14.6 Å². The second kappa shape index (κ2) is 9.52. The fraction of sp³-hybridized carbons (Fsp3) is 0.727. The zero-order valence-corrected chi connectivity index (χ0v) is 19.8. The van der Waals surface area contributed by atoms with Gasteiger partial charge in [0, 0.05) is 29.8 Å². The van der Waals surface area contributed by atoms with E-state index in [-0.39, 0.29) is 32.0 Å². The highest BCUT2D eigenvalue weighted by Crippen LogP contribution is 2.35. The molecule has 1 unspecified atom stereocenters. The van der Waals surface area contributed by atoms with Gasteiger partial charge < -0.3 is 14.2 Å². The number of ether oxygens (including phenoxy) is 3. The maximum absolute atomic E-state index is 12.9. The Labute approximate surface area is 189 Å². The molecular formula is C22H33N3O6S. The van der Waals surface area contributed by atoms with Crippen LogP contribution in [0, 0.1) is 6.92 Å². The zero-order valence-electron chi connectivity index (χ0n) is 19.0. The van der Waals surface area contributed by atoms with Crippen LogP contribution >= 0.6 is 0 Å². The Morgan fingerprint density at radius 3 is 2.56 bits per heavy atom. The van der Waals surface area contributed by atoms with Gasteiger partial charge in [-0.05, 0) is 57.6 Å². The van der Waals surface area contributed by atoms with Crippen LogP contribution in [0.3, 0.4) is 0 Å². The van der Waals surface area contributed by atoms with E-state index in [0.717, 1.165) is 43.2 Å². The Balaban J connectivity index is 1.55. The third-order valence-corrected chi connectivity index (χ3v) is 7.32. The SMILES string of the molecule is Cc1cc2nc(c1)C1CCC(CC1)OCC1[C@@H](NS(C)(=O)=O)C[C@@H](C)N1C(=O)OCCO2. The first-order valence-electron chi connectivity index (χ1n) is 11.3. The molecule has 178 valence electrons. The van der Waals surface area contributed by atoms with Gasteiger partial charge >= 0.3 is 6.09 Å². The Morgan fingerprint density at radius 2 is 1.84 bits per heavy atom. The minimum atomic E-state index is -3.42. The van der Waals surface area contributed by atoms with Crippen LogP contribution in [0.15, 0.2) is 12.1 Å². The molecule has 1 aromatic rings. The van der Waals surface area contributed by atoms with Gasteiger partial charge in [-0.1, -0.05) is 0 Å². The van der Waals surface area contributed by atoms with E-state index in [9.17, 15) is 13.2 Å². The predicted octanol–water partition coefficient (Wildman–Crippen LogP) is 2.34. The molecule has 2 fully saturated rings. The molecule has 0 spiro atoms. The maximum atomic E-state index is 12.9. The molecule has 3 atom stereocenters. The lowest BCUT2D eigenvalue weighted by molar-refractivity contribution is -0.0118. The molecule has 4 bridgehead atoms. The largest absolute Gasteiger partial charge is 0.474 e. The fourth-order valence-electron chi connectivity index (χ4n) is 5.13. The number of amides is 1.